The quantitative estimate of drug-likeness (QED) is 0.538. The zero-order valence-electron chi connectivity index (χ0n) is 10.2. The lowest BCUT2D eigenvalue weighted by Crippen LogP contribution is -2.44. The number of nitrogens with zero attached hydrogens (tertiary/aromatic N) is 1. The van der Waals surface area contributed by atoms with Crippen molar-refractivity contribution in [2.24, 2.45) is 5.73 Å². The molecule has 0 spiro atoms. The first kappa shape index (κ1) is 14.7. The standard InChI is InChI=1S/C10H22N4O2/c1-4-5-8(11)9(15)12-6-7-13-10(16)14(2)3/h8H,4-7,11H2,1-3H3,(H,12,15)(H,13,16)/t8-/m1/s1. The van der Waals surface area contributed by atoms with Gasteiger partial charge in [0.05, 0.1) is 6.04 Å². The van der Waals surface area contributed by atoms with Gasteiger partial charge in [0.1, 0.15) is 0 Å². The predicted molar refractivity (Wildman–Crippen MR) is 63.0 cm³/mol. The minimum Gasteiger partial charge on any atom is -0.353 e. The van der Waals surface area contributed by atoms with Gasteiger partial charge in [0, 0.05) is 27.2 Å². The molecule has 0 aromatic heterocycles. The van der Waals surface area contributed by atoms with E-state index in [2.05, 4.69) is 10.6 Å². The lowest BCUT2D eigenvalue weighted by atomic mass is 10.2. The predicted octanol–water partition coefficient (Wildman–Crippen LogP) is -0.499. The molecule has 94 valence electrons. The molecule has 0 aliphatic carbocycles. The van der Waals surface area contributed by atoms with E-state index in [4.69, 9.17) is 5.73 Å². The Bertz CT molecular complexity index is 231. The summed E-state index contributed by atoms with van der Waals surface area (Å²) in [6.45, 7) is 2.78. The molecule has 0 unspecified atom stereocenters. The topological polar surface area (TPSA) is 87.5 Å². The zero-order valence-corrected chi connectivity index (χ0v) is 10.2. The average molecular weight is 230 g/mol. The van der Waals surface area contributed by atoms with E-state index >= 15 is 0 Å². The van der Waals surface area contributed by atoms with Crippen molar-refractivity contribution in [3.8, 4) is 0 Å². The highest BCUT2D eigenvalue weighted by molar-refractivity contribution is 5.81. The minimum absolute atomic E-state index is 0.166. The fourth-order valence-corrected chi connectivity index (χ4v) is 1.09. The van der Waals surface area contributed by atoms with Crippen molar-refractivity contribution in [3.05, 3.63) is 0 Å². The van der Waals surface area contributed by atoms with Crippen LogP contribution < -0.4 is 16.4 Å². The highest BCUT2D eigenvalue weighted by Gasteiger charge is 2.11. The van der Waals surface area contributed by atoms with Crippen LogP contribution in [0.25, 0.3) is 0 Å². The van der Waals surface area contributed by atoms with Gasteiger partial charge in [0.2, 0.25) is 5.91 Å². The normalized spacial score (nSPS) is 11.8. The summed E-state index contributed by atoms with van der Waals surface area (Å²) in [5, 5.41) is 5.30. The van der Waals surface area contributed by atoms with Gasteiger partial charge in [-0.05, 0) is 6.42 Å². The van der Waals surface area contributed by atoms with Gasteiger partial charge >= 0.3 is 6.03 Å². The van der Waals surface area contributed by atoms with Crippen LogP contribution in [0.5, 0.6) is 0 Å². The number of amides is 3. The second-order valence-corrected chi connectivity index (χ2v) is 3.81. The Morgan fingerprint density at radius 1 is 1.25 bits per heavy atom. The Kier molecular flexibility index (Phi) is 7.28. The maximum Gasteiger partial charge on any atom is 0.316 e. The molecule has 0 saturated carbocycles. The van der Waals surface area contributed by atoms with E-state index < -0.39 is 6.04 Å². The van der Waals surface area contributed by atoms with Gasteiger partial charge in [-0.15, -0.1) is 0 Å². The highest BCUT2D eigenvalue weighted by Crippen LogP contribution is 1.92. The first-order chi connectivity index (χ1) is 7.49. The van der Waals surface area contributed by atoms with Crippen LogP contribution in [0.1, 0.15) is 19.8 Å². The molecular weight excluding hydrogens is 208 g/mol. The average Bonchev–Trinajstić information content (AvgIpc) is 2.23. The van der Waals surface area contributed by atoms with Crippen LogP contribution in [0.4, 0.5) is 4.79 Å². The van der Waals surface area contributed by atoms with Gasteiger partial charge in [-0.3, -0.25) is 4.79 Å². The van der Waals surface area contributed by atoms with E-state index in [0.29, 0.717) is 19.5 Å². The first-order valence-electron chi connectivity index (χ1n) is 5.47. The number of carbonyl (C=O) groups is 2. The largest absolute Gasteiger partial charge is 0.353 e. The third kappa shape index (κ3) is 6.23. The Hall–Kier alpha value is -1.30. The summed E-state index contributed by atoms with van der Waals surface area (Å²) in [5.41, 5.74) is 5.61. The summed E-state index contributed by atoms with van der Waals surface area (Å²) in [6.07, 6.45) is 1.56. The smallest absolute Gasteiger partial charge is 0.316 e. The molecule has 0 aromatic carbocycles. The van der Waals surface area contributed by atoms with Crippen LogP contribution >= 0.6 is 0 Å². The van der Waals surface area contributed by atoms with Gasteiger partial charge in [-0.25, -0.2) is 4.79 Å². The molecule has 3 amide bonds. The summed E-state index contributed by atoms with van der Waals surface area (Å²) in [5.74, 6) is -0.166. The van der Waals surface area contributed by atoms with Crippen molar-refractivity contribution in [1.82, 2.24) is 15.5 Å². The van der Waals surface area contributed by atoms with Crippen molar-refractivity contribution in [3.63, 3.8) is 0 Å². The van der Waals surface area contributed by atoms with Crippen LogP contribution in [0, 0.1) is 0 Å². The van der Waals surface area contributed by atoms with Crippen LogP contribution in [0.2, 0.25) is 0 Å². The first-order valence-corrected chi connectivity index (χ1v) is 5.47. The summed E-state index contributed by atoms with van der Waals surface area (Å²) in [7, 11) is 3.32. The molecule has 1 atom stereocenters. The molecule has 0 aromatic rings. The SMILES string of the molecule is CCC[C@@H](N)C(=O)NCCNC(=O)N(C)C. The van der Waals surface area contributed by atoms with Crippen molar-refractivity contribution in [1.29, 1.82) is 0 Å². The minimum atomic E-state index is -0.449. The fourth-order valence-electron chi connectivity index (χ4n) is 1.09. The van der Waals surface area contributed by atoms with E-state index in [1.165, 1.54) is 4.90 Å². The highest BCUT2D eigenvalue weighted by atomic mass is 16.2. The molecule has 4 N–H and O–H groups in total. The molecule has 0 rings (SSSR count). The van der Waals surface area contributed by atoms with Crippen LogP contribution in [0.15, 0.2) is 0 Å². The second kappa shape index (κ2) is 7.92. The lowest BCUT2D eigenvalue weighted by molar-refractivity contribution is -0.122. The van der Waals surface area contributed by atoms with E-state index in [9.17, 15) is 9.59 Å². The number of nitrogens with one attached hydrogen (secondary N) is 2. The summed E-state index contributed by atoms with van der Waals surface area (Å²) in [4.78, 5) is 23.9. The van der Waals surface area contributed by atoms with E-state index in [0.717, 1.165) is 6.42 Å². The molecule has 6 nitrogen and oxygen atoms in total. The molecular formula is C10H22N4O2. The molecule has 0 bridgehead atoms. The molecule has 0 fully saturated rings. The van der Waals surface area contributed by atoms with Gasteiger partial charge in [0.25, 0.3) is 0 Å². The molecule has 16 heavy (non-hydrogen) atoms. The van der Waals surface area contributed by atoms with E-state index in [1.807, 2.05) is 6.92 Å². The second-order valence-electron chi connectivity index (χ2n) is 3.81. The number of carbonyl (C=O) groups excluding carboxylic acids is 2. The van der Waals surface area contributed by atoms with Crippen molar-refractivity contribution in [2.75, 3.05) is 27.2 Å². The summed E-state index contributed by atoms with van der Waals surface area (Å²) in [6, 6.07) is -0.623. The lowest BCUT2D eigenvalue weighted by Gasteiger charge is -2.13. The van der Waals surface area contributed by atoms with Crippen molar-refractivity contribution >= 4 is 11.9 Å². The number of hydrogen-bond donors (Lipinski definition) is 3. The zero-order chi connectivity index (χ0) is 12.6. The monoisotopic (exact) mass is 230 g/mol. The van der Waals surface area contributed by atoms with Crippen molar-refractivity contribution < 1.29 is 9.59 Å². The maximum atomic E-state index is 11.4. The molecule has 0 aliphatic heterocycles. The number of rotatable bonds is 6. The summed E-state index contributed by atoms with van der Waals surface area (Å²) >= 11 is 0. The maximum absolute atomic E-state index is 11.4. The molecule has 0 aliphatic rings. The van der Waals surface area contributed by atoms with E-state index in [-0.39, 0.29) is 11.9 Å². The number of hydrogen-bond acceptors (Lipinski definition) is 3. The van der Waals surface area contributed by atoms with Crippen LogP contribution in [0.3, 0.4) is 0 Å². The van der Waals surface area contributed by atoms with Gasteiger partial charge in [0.15, 0.2) is 0 Å². The molecule has 0 radical (unpaired) electrons. The Morgan fingerprint density at radius 3 is 2.31 bits per heavy atom. The van der Waals surface area contributed by atoms with Gasteiger partial charge in [-0.1, -0.05) is 13.3 Å². The third-order valence-corrected chi connectivity index (χ3v) is 2.04. The Morgan fingerprint density at radius 2 is 1.81 bits per heavy atom. The number of nitrogens with two attached hydrogens (primary N) is 1. The summed E-state index contributed by atoms with van der Waals surface area (Å²) < 4.78 is 0. The Labute approximate surface area is 96.5 Å². The fraction of sp³-hybridized carbons (Fsp3) is 0.800. The van der Waals surface area contributed by atoms with E-state index in [1.54, 1.807) is 14.1 Å². The van der Waals surface area contributed by atoms with Gasteiger partial charge in [-0.2, -0.15) is 0 Å². The van der Waals surface area contributed by atoms with Gasteiger partial charge < -0.3 is 21.3 Å². The molecule has 0 saturated heterocycles. The Balaban J connectivity index is 3.59. The molecule has 0 heterocycles. The molecule has 6 heteroatoms. The van der Waals surface area contributed by atoms with Crippen LogP contribution in [-0.2, 0) is 4.79 Å². The third-order valence-electron chi connectivity index (χ3n) is 2.04. The number of urea groups is 1. The van der Waals surface area contributed by atoms with Crippen LogP contribution in [-0.4, -0.2) is 50.1 Å². The van der Waals surface area contributed by atoms with Crippen molar-refractivity contribution in [2.45, 2.75) is 25.8 Å².